The third kappa shape index (κ3) is 28.0. The van der Waals surface area contributed by atoms with E-state index in [0.717, 1.165) is 0 Å². The summed E-state index contributed by atoms with van der Waals surface area (Å²) in [5.74, 6) is -2.13. The molecule has 19 rings (SSSR count). The van der Waals surface area contributed by atoms with Crippen LogP contribution in [0.25, 0.3) is 55.2 Å². The zero-order valence-electron chi connectivity index (χ0n) is 86.0. The molecule has 0 bridgehead atoms. The normalized spacial score (nSPS) is 21.8. The standard InChI is InChI=1S/C22H24N6O5.C21H21N5O6.C17H17N5O4.C17H17N5O3.C10H13N5O3.CH3Cl.CH5N.3CH4O/c1-13-16(33-19(30)9-8-17(29)23-2)10-18(32-13)28-21-15(11-26-28)20(24-12-25-21)27-22(31)14-6-4-3-5-7-14;1-12-15(32-18(29)8-7-17(27)28)9-16(31-12)26-20-14(10-24-26)19(22-11-23-20)25-21(30)13-5-3-2-4-6-13;23-8-13-12(24)6-14(26-13)22-16-11(7-20-22)15(18-9-19-16)21-17(25)10-4-2-1-3-5-10;1-10-13(23)7-14(25-10)22-16-12(8-20-22)15(18-9-19-16)21-17(24)11-5-3-2-4-6-11;11-9-5-2-14-15(10(5)13-4-12-9)8-1-6(17)7(3-16)18-8;5*1-2/h3-7,11-13,16,18H,8-10H2,1-2H3,(H,23,29)(H,24,25,27,31);2-6,10-12,15-16H,7-9H2,1H3,(H,27,28)(H,22,23,25,30);1-5,7,9,12-14,23-24H,6,8H2,(H,18,19,21,25);2-6,8-10,13-14,23H,7H2,1H3,(H,18,19,21,24);2,4,6-8,16-17H,1,3H2,(H2,11,12,13);1H3;2H2,1H3;3*2H,1H3/t13-,16?,18-;12-,15?,16-;12?,13-,14-;10-,13?,14-;6?,7-,8-;;;;;/m11111...../s1/i2*1D;;1D;;1TD;;3*2T. The van der Waals surface area contributed by atoms with Gasteiger partial charge in [0.25, 0.3) is 23.6 Å². The first kappa shape index (κ1) is 99.1. The van der Waals surface area contributed by atoms with Crippen molar-refractivity contribution in [3.63, 3.8) is 0 Å². The van der Waals surface area contributed by atoms with E-state index in [1.165, 1.54) is 99.7 Å². The highest BCUT2D eigenvalue weighted by atomic mass is 35.5. The SMILES string of the molecule is CN.Nc1ncnc2c1cnn2[C@H]1CC(O)[C@@H](CO)O1.O=C(Nc1ncnc2c1cnn2[C@H]1CC(O)[C@@H](CO)O1)c1ccccc1.[2H]C([3H])Cl.[2H]C[C@H]1O[C@@H](n2ncc3c(NC(=O)c4ccccc4)ncnc32)CC1O.[2H]C[C@H]1O[C@@H](n2ncc3c(NC(=O)c4ccccc4)ncnc32)CC1OC(=O)CCC(=O)NC.[2H]C[C@H]1O[C@@H](n2ncc3c(NC(=O)c4ccccc4)ncnc32)CC1OC(=O)CCC(=O)O.[3H]OC.[3H]OC.[3H]OC. The zero-order chi connectivity index (χ0) is 110. The van der Waals surface area contributed by atoms with Gasteiger partial charge in [-0.25, -0.2) is 73.2 Å². The van der Waals surface area contributed by atoms with Gasteiger partial charge in [-0.15, -0.1) is 11.6 Å². The fourth-order valence-corrected chi connectivity index (χ4v) is 14.7. The number of carboxylic acid groups (broad SMARTS) is 1. The van der Waals surface area contributed by atoms with Crippen molar-refractivity contribution in [1.82, 2.24) is 104 Å². The molecule has 5 saturated heterocycles. The number of fused-ring (bicyclic) bond motifs is 5. The second-order valence-electron chi connectivity index (χ2n) is 30.6. The van der Waals surface area contributed by atoms with Gasteiger partial charge in [0.05, 0.1) is 127 Å². The van der Waals surface area contributed by atoms with Gasteiger partial charge in [0, 0.05) is 102 Å². The van der Waals surface area contributed by atoms with E-state index in [4.69, 9.17) is 60.3 Å². The summed E-state index contributed by atoms with van der Waals surface area (Å²) in [5.41, 5.74) is 14.6. The summed E-state index contributed by atoms with van der Waals surface area (Å²) >= 11 is 4.61. The van der Waals surface area contributed by atoms with E-state index < -0.39 is 116 Å². The van der Waals surface area contributed by atoms with E-state index in [1.54, 1.807) is 119 Å². The molecule has 4 aromatic carbocycles. The molecular formula is C92H112ClN27O24. The second kappa shape index (κ2) is 54.8. The fraction of sp³-hybridized carbons (Fsp3) is 0.380. The average molecular weight is 2030 g/mol. The molecule has 0 aliphatic carbocycles. The molecule has 5 aliphatic heterocycles. The lowest BCUT2D eigenvalue weighted by Gasteiger charge is -2.14. The molecule has 0 spiro atoms. The molecule has 16 atom stereocenters. The van der Waals surface area contributed by atoms with Gasteiger partial charge in [-0.2, -0.15) is 25.5 Å². The van der Waals surface area contributed by atoms with E-state index in [0.29, 0.717) is 114 Å². The number of ether oxygens (including phenoxy) is 7. The Bertz CT molecular complexity index is 6580. The largest absolute Gasteiger partial charge is 0.481 e. The number of nitrogen functional groups attached to an aromatic ring is 1. The number of nitrogens with one attached hydrogen (secondary N) is 5. The van der Waals surface area contributed by atoms with Crippen molar-refractivity contribution in [2.75, 3.05) is 82.0 Å². The van der Waals surface area contributed by atoms with E-state index in [1.807, 2.05) is 24.3 Å². The molecule has 51 nitrogen and oxygen atoms in total. The van der Waals surface area contributed by atoms with Gasteiger partial charge in [0.1, 0.15) is 85.1 Å². The minimum absolute atomic E-state index is 0.0236. The molecule has 52 heteroatoms. The van der Waals surface area contributed by atoms with E-state index in [2.05, 4.69) is 135 Å². The van der Waals surface area contributed by atoms with Crippen LogP contribution in [-0.2, 0) is 52.3 Å². The van der Waals surface area contributed by atoms with Crippen LogP contribution in [0.5, 0.6) is 0 Å². The molecular weight excluding hydrogens is 1900 g/mol. The van der Waals surface area contributed by atoms with Crippen molar-refractivity contribution in [1.29, 1.82) is 4.29 Å². The molecule has 5 amide bonds. The number of carbonyl (C=O) groups is 8. The number of benzene rings is 4. The van der Waals surface area contributed by atoms with Crippen LogP contribution >= 0.6 is 11.6 Å². The number of carbonyl (C=O) groups excluding carboxylic acids is 7. The molecule has 0 saturated carbocycles. The number of nitrogens with zero attached hydrogens (tertiary/aromatic N) is 20. The van der Waals surface area contributed by atoms with Gasteiger partial charge in [0.2, 0.25) is 10.2 Å². The minimum Gasteiger partial charge on any atom is -0.481 e. The number of hydrogen-bond acceptors (Lipinski definition) is 40. The van der Waals surface area contributed by atoms with Gasteiger partial charge in [-0.05, 0) is 76.3 Å². The van der Waals surface area contributed by atoms with Gasteiger partial charge in [-0.3, -0.25) is 38.4 Å². The number of aliphatic hydroxyl groups is 8. The summed E-state index contributed by atoms with van der Waals surface area (Å²) in [6, 6.07) is 35.1. The molecule has 0 radical (unpaired) electrons. The predicted octanol–water partition coefficient (Wildman–Crippen LogP) is 4.76. The quantitative estimate of drug-likeness (QED) is 0.0303. The van der Waals surface area contributed by atoms with Crippen molar-refractivity contribution in [2.24, 2.45) is 5.73 Å². The molecule has 14 aromatic rings. The minimum atomic E-state index is -1.19. The summed E-state index contributed by atoms with van der Waals surface area (Å²) < 4.78 is 99.1. The summed E-state index contributed by atoms with van der Waals surface area (Å²) in [7, 11) is 6.87. The molecule has 5 fully saturated rings. The van der Waals surface area contributed by atoms with Gasteiger partial charge >= 0.3 is 17.9 Å². The van der Waals surface area contributed by atoms with Crippen LogP contribution in [0.2, 0.25) is 0 Å². The lowest BCUT2D eigenvalue weighted by molar-refractivity contribution is -0.154. The first-order chi connectivity index (χ1) is 73.5. The number of carboxylic acids is 1. The number of rotatable bonds is 23. The van der Waals surface area contributed by atoms with E-state index >= 15 is 0 Å². The van der Waals surface area contributed by atoms with Crippen LogP contribution in [0.4, 0.5) is 29.1 Å². The van der Waals surface area contributed by atoms with Gasteiger partial charge in [0.15, 0.2) is 59.4 Å². The molecule has 10 aromatic heterocycles. The highest BCUT2D eigenvalue weighted by Crippen LogP contribution is 2.39. The molecule has 6 unspecified atom stereocenters. The van der Waals surface area contributed by atoms with Crippen molar-refractivity contribution < 1.29 is 124 Å². The first-order valence-corrected chi connectivity index (χ1v) is 44.3. The van der Waals surface area contributed by atoms with Crippen LogP contribution in [0.1, 0.15) is 158 Å². The maximum absolute atomic E-state index is 12.5. The van der Waals surface area contributed by atoms with E-state index in [-0.39, 0.29) is 114 Å². The lowest BCUT2D eigenvalue weighted by Crippen LogP contribution is -2.26. The van der Waals surface area contributed by atoms with E-state index in [9.17, 15) is 58.8 Å². The molecule has 5 aliphatic rings. The van der Waals surface area contributed by atoms with Crippen LogP contribution in [0, 0.1) is 0 Å². The van der Waals surface area contributed by atoms with Gasteiger partial charge in [-0.1, -0.05) is 72.8 Å². The predicted molar refractivity (Wildman–Crippen MR) is 517 cm³/mol. The number of alkyl halides is 1. The Morgan fingerprint density at radius 1 is 0.424 bits per heavy atom. The number of aliphatic hydroxyl groups excluding tert-OH is 8. The average Bonchev–Trinajstić information content (AvgIpc) is 1.64. The van der Waals surface area contributed by atoms with Crippen LogP contribution in [0.3, 0.4) is 0 Å². The van der Waals surface area contributed by atoms with Crippen molar-refractivity contribution in [3.8, 4) is 0 Å². The maximum Gasteiger partial charge on any atom is 0.306 e. The number of aromatic nitrogens is 20. The number of anilines is 5. The Kier molecular flexibility index (Phi) is 37.7. The number of aliphatic carboxylic acids is 1. The van der Waals surface area contributed by atoms with Crippen molar-refractivity contribution >= 4 is 143 Å². The number of hydrogen-bond donors (Lipinski definition) is 16. The highest BCUT2D eigenvalue weighted by molar-refractivity contribution is 6.15. The zero-order valence-corrected chi connectivity index (χ0v) is 78.7. The lowest BCUT2D eigenvalue weighted by atomic mass is 10.2. The fourth-order valence-electron chi connectivity index (χ4n) is 14.7. The number of amides is 5. The number of nitrogens with two attached hydrogens (primary N) is 2. The Morgan fingerprint density at radius 2 is 0.694 bits per heavy atom. The summed E-state index contributed by atoms with van der Waals surface area (Å²) in [6.45, 7) is -0.793. The van der Waals surface area contributed by atoms with Crippen LogP contribution in [-0.4, -0.2) is 312 Å². The molecule has 144 heavy (non-hydrogen) atoms. The Morgan fingerprint density at radius 3 is 0.979 bits per heavy atom. The topological polar surface area (TPSA) is 713 Å². The molecule has 766 valence electrons. The summed E-state index contributed by atoms with van der Waals surface area (Å²) in [5, 5.41) is 105. The summed E-state index contributed by atoms with van der Waals surface area (Å²) in [4.78, 5) is 137. The smallest absolute Gasteiger partial charge is 0.306 e. The summed E-state index contributed by atoms with van der Waals surface area (Å²) in [6.07, 6.45) is 4.45. The van der Waals surface area contributed by atoms with Gasteiger partial charge < -0.3 is 117 Å². The number of halogens is 1. The third-order valence-corrected chi connectivity index (χ3v) is 21.7. The second-order valence-corrected chi connectivity index (χ2v) is 30.6. The third-order valence-electron chi connectivity index (χ3n) is 21.7. The maximum atomic E-state index is 12.5. The Balaban J connectivity index is 0.000000189. The van der Waals surface area contributed by atoms with Crippen LogP contribution < -0.4 is 38.1 Å². The number of esters is 2. The van der Waals surface area contributed by atoms with Crippen molar-refractivity contribution in [3.05, 3.63) is 206 Å². The Labute approximate surface area is 837 Å². The Hall–Kier alpha value is -15.1. The highest BCUT2D eigenvalue weighted by Gasteiger charge is 2.42. The molecule has 18 N–H and O–H groups in total. The van der Waals surface area contributed by atoms with Crippen LogP contribution in [0.15, 0.2) is 184 Å². The van der Waals surface area contributed by atoms with Crippen molar-refractivity contribution in [2.45, 2.75) is 171 Å². The molecule has 15 heterocycles. The monoisotopic (exact) mass is 2030 g/mol. The first-order valence-electron chi connectivity index (χ1n) is 48.4.